The Balaban J connectivity index is 1.51. The van der Waals surface area contributed by atoms with E-state index in [0.29, 0.717) is 0 Å². The molecule has 0 spiro atoms. The predicted octanol–water partition coefficient (Wildman–Crippen LogP) is 8.87. The lowest BCUT2D eigenvalue weighted by molar-refractivity contribution is 0.660. The van der Waals surface area contributed by atoms with E-state index in [4.69, 9.17) is 0 Å². The highest BCUT2D eigenvalue weighted by Crippen LogP contribution is 2.50. The van der Waals surface area contributed by atoms with E-state index in [0.717, 1.165) is 0 Å². The van der Waals surface area contributed by atoms with E-state index < -0.39 is 0 Å². The third-order valence-electron chi connectivity index (χ3n) is 7.67. The van der Waals surface area contributed by atoms with E-state index in [1.54, 1.807) is 0 Å². The van der Waals surface area contributed by atoms with Gasteiger partial charge in [0.25, 0.3) is 0 Å². The largest absolute Gasteiger partial charge is 0.0610 e. The van der Waals surface area contributed by atoms with Crippen LogP contribution < -0.4 is 0 Å². The van der Waals surface area contributed by atoms with Gasteiger partial charge < -0.3 is 0 Å². The van der Waals surface area contributed by atoms with Crippen LogP contribution in [-0.2, 0) is 5.41 Å². The highest BCUT2D eigenvalue weighted by atomic mass is 14.4. The summed E-state index contributed by atoms with van der Waals surface area (Å²) in [6.45, 7) is 6.92. The molecule has 0 fully saturated rings. The lowest BCUT2D eigenvalue weighted by atomic mass is 9.81. The molecule has 1 aliphatic rings. The second-order valence-electron chi connectivity index (χ2n) is 9.90. The van der Waals surface area contributed by atoms with Gasteiger partial charge in [0, 0.05) is 5.41 Å². The van der Waals surface area contributed by atoms with Crippen LogP contribution in [-0.4, -0.2) is 0 Å². The zero-order valence-electron chi connectivity index (χ0n) is 18.7. The van der Waals surface area contributed by atoms with Gasteiger partial charge in [0.05, 0.1) is 0 Å². The van der Waals surface area contributed by atoms with Crippen LogP contribution >= 0.6 is 0 Å². The molecule has 32 heavy (non-hydrogen) atoms. The standard InChI is InChI=1S/C32H24/c1-19-7-13-25-26-15-12-23(18-29(26)32(2,3)28(25)17-19)24-14-10-22-9-8-20-5-4-6-21-11-16-27(24)31(22)30(20)21/h4-18H,1-3H3. The molecule has 0 amide bonds. The molecular weight excluding hydrogens is 384 g/mol. The minimum atomic E-state index is 0.0104. The molecule has 0 aliphatic heterocycles. The summed E-state index contributed by atoms with van der Waals surface area (Å²) in [6.07, 6.45) is 0. The second-order valence-corrected chi connectivity index (χ2v) is 9.90. The summed E-state index contributed by atoms with van der Waals surface area (Å²) in [7, 11) is 0. The average molecular weight is 409 g/mol. The number of rotatable bonds is 1. The zero-order chi connectivity index (χ0) is 21.6. The van der Waals surface area contributed by atoms with Crippen molar-refractivity contribution in [1.29, 1.82) is 0 Å². The minimum absolute atomic E-state index is 0.0104. The molecule has 1 aliphatic carbocycles. The second kappa shape index (κ2) is 5.99. The van der Waals surface area contributed by atoms with Gasteiger partial charge in [0.2, 0.25) is 0 Å². The van der Waals surface area contributed by atoms with Gasteiger partial charge in [-0.05, 0) is 78.7 Å². The van der Waals surface area contributed by atoms with Crippen molar-refractivity contribution in [3.63, 3.8) is 0 Å². The molecule has 0 heteroatoms. The van der Waals surface area contributed by atoms with E-state index in [1.165, 1.54) is 71.3 Å². The lowest BCUT2D eigenvalue weighted by Crippen LogP contribution is -2.15. The fourth-order valence-corrected chi connectivity index (χ4v) is 6.01. The first-order chi connectivity index (χ1) is 15.5. The molecule has 6 aromatic carbocycles. The first-order valence-electron chi connectivity index (χ1n) is 11.5. The van der Waals surface area contributed by atoms with Gasteiger partial charge in [0.15, 0.2) is 0 Å². The number of benzene rings is 6. The van der Waals surface area contributed by atoms with Crippen molar-refractivity contribution >= 4 is 32.3 Å². The molecule has 7 rings (SSSR count). The summed E-state index contributed by atoms with van der Waals surface area (Å²) in [4.78, 5) is 0. The summed E-state index contributed by atoms with van der Waals surface area (Å²) >= 11 is 0. The lowest BCUT2D eigenvalue weighted by Gasteiger charge is -2.22. The molecule has 0 nitrogen and oxygen atoms in total. The van der Waals surface area contributed by atoms with Crippen LogP contribution in [0.2, 0.25) is 0 Å². The van der Waals surface area contributed by atoms with Crippen molar-refractivity contribution in [3.8, 4) is 22.3 Å². The van der Waals surface area contributed by atoms with Crippen molar-refractivity contribution in [2.75, 3.05) is 0 Å². The van der Waals surface area contributed by atoms with Crippen LogP contribution in [0, 0.1) is 6.92 Å². The van der Waals surface area contributed by atoms with Crippen LogP contribution in [0.25, 0.3) is 54.6 Å². The summed E-state index contributed by atoms with van der Waals surface area (Å²) in [5.41, 5.74) is 9.61. The molecular formula is C32H24. The summed E-state index contributed by atoms with van der Waals surface area (Å²) in [5.74, 6) is 0. The maximum atomic E-state index is 2.44. The molecule has 0 heterocycles. The molecule has 0 bridgehead atoms. The fraction of sp³-hybridized carbons (Fsp3) is 0.125. The Morgan fingerprint density at radius 3 is 1.91 bits per heavy atom. The number of aryl methyl sites for hydroxylation is 1. The van der Waals surface area contributed by atoms with Gasteiger partial charge in [-0.15, -0.1) is 0 Å². The van der Waals surface area contributed by atoms with Crippen molar-refractivity contribution in [2.24, 2.45) is 0 Å². The van der Waals surface area contributed by atoms with Gasteiger partial charge in [-0.1, -0.05) is 104 Å². The van der Waals surface area contributed by atoms with Crippen molar-refractivity contribution in [2.45, 2.75) is 26.2 Å². The Bertz CT molecular complexity index is 1680. The predicted molar refractivity (Wildman–Crippen MR) is 138 cm³/mol. The molecule has 6 aromatic rings. The maximum absolute atomic E-state index is 2.44. The van der Waals surface area contributed by atoms with Crippen LogP contribution in [0.4, 0.5) is 0 Å². The van der Waals surface area contributed by atoms with Crippen molar-refractivity contribution in [1.82, 2.24) is 0 Å². The van der Waals surface area contributed by atoms with Gasteiger partial charge >= 0.3 is 0 Å². The van der Waals surface area contributed by atoms with Crippen LogP contribution in [0.15, 0.2) is 91.0 Å². The zero-order valence-corrected chi connectivity index (χ0v) is 18.7. The van der Waals surface area contributed by atoms with E-state index in [-0.39, 0.29) is 5.41 Å². The molecule has 0 saturated carbocycles. The van der Waals surface area contributed by atoms with Crippen LogP contribution in [0.1, 0.15) is 30.5 Å². The Morgan fingerprint density at radius 2 is 1.12 bits per heavy atom. The monoisotopic (exact) mass is 408 g/mol. The summed E-state index contributed by atoms with van der Waals surface area (Å²) in [6, 6.07) is 34.3. The highest BCUT2D eigenvalue weighted by Gasteiger charge is 2.35. The molecule has 0 unspecified atom stereocenters. The third-order valence-corrected chi connectivity index (χ3v) is 7.67. The normalized spacial score (nSPS) is 14.3. The molecule has 0 aromatic heterocycles. The first-order valence-corrected chi connectivity index (χ1v) is 11.5. The fourth-order valence-electron chi connectivity index (χ4n) is 6.01. The Labute approximate surface area is 188 Å². The SMILES string of the molecule is Cc1ccc2c(c1)C(C)(C)c1cc(-c3ccc4ccc5cccc6ccc3c4c56)ccc1-2. The topological polar surface area (TPSA) is 0 Å². The minimum Gasteiger partial charge on any atom is -0.0610 e. The third kappa shape index (κ3) is 2.22. The Hall–Kier alpha value is -3.64. The van der Waals surface area contributed by atoms with Gasteiger partial charge in [-0.25, -0.2) is 0 Å². The molecule has 0 saturated heterocycles. The van der Waals surface area contributed by atoms with E-state index in [9.17, 15) is 0 Å². The van der Waals surface area contributed by atoms with Crippen molar-refractivity contribution in [3.05, 3.63) is 108 Å². The van der Waals surface area contributed by atoms with Gasteiger partial charge in [-0.2, -0.15) is 0 Å². The maximum Gasteiger partial charge on any atom is 0.0159 e. The Kier molecular flexibility index (Phi) is 3.36. The Morgan fingerprint density at radius 1 is 0.531 bits per heavy atom. The van der Waals surface area contributed by atoms with Crippen molar-refractivity contribution < 1.29 is 0 Å². The molecule has 0 atom stereocenters. The summed E-state index contributed by atoms with van der Waals surface area (Å²) < 4.78 is 0. The first kappa shape index (κ1) is 18.0. The highest BCUT2D eigenvalue weighted by molar-refractivity contribution is 6.25. The number of hydrogen-bond acceptors (Lipinski definition) is 0. The van der Waals surface area contributed by atoms with Crippen LogP contribution in [0.3, 0.4) is 0 Å². The summed E-state index contributed by atoms with van der Waals surface area (Å²) in [5, 5.41) is 8.07. The quantitative estimate of drug-likeness (QED) is 0.238. The smallest absolute Gasteiger partial charge is 0.0159 e. The van der Waals surface area contributed by atoms with E-state index in [2.05, 4.69) is 112 Å². The number of hydrogen-bond donors (Lipinski definition) is 0. The molecule has 152 valence electrons. The average Bonchev–Trinajstić information content (AvgIpc) is 3.03. The molecule has 0 radical (unpaired) electrons. The van der Waals surface area contributed by atoms with Crippen LogP contribution in [0.5, 0.6) is 0 Å². The van der Waals surface area contributed by atoms with E-state index in [1.807, 2.05) is 0 Å². The van der Waals surface area contributed by atoms with Gasteiger partial charge in [0.1, 0.15) is 0 Å². The number of fused-ring (bicyclic) bond motifs is 3. The van der Waals surface area contributed by atoms with Gasteiger partial charge in [-0.3, -0.25) is 0 Å². The van der Waals surface area contributed by atoms with E-state index >= 15 is 0 Å². The molecule has 0 N–H and O–H groups in total.